The summed E-state index contributed by atoms with van der Waals surface area (Å²) in [5.74, 6) is -0.744. The summed E-state index contributed by atoms with van der Waals surface area (Å²) in [6, 6.07) is 7.38. The van der Waals surface area contributed by atoms with E-state index in [-0.39, 0.29) is 5.91 Å². The second-order valence-electron chi connectivity index (χ2n) is 7.08. The Morgan fingerprint density at radius 1 is 1.14 bits per heavy atom. The van der Waals surface area contributed by atoms with Crippen molar-refractivity contribution in [3.8, 4) is 0 Å². The molecule has 4 heteroatoms. The first-order valence-corrected chi connectivity index (χ1v) is 7.75. The lowest BCUT2D eigenvalue weighted by Crippen LogP contribution is -2.32. The van der Waals surface area contributed by atoms with Gasteiger partial charge in [-0.25, -0.2) is 0 Å². The molecule has 1 amide bonds. The lowest BCUT2D eigenvalue weighted by molar-refractivity contribution is -0.141. The zero-order chi connectivity index (χ0) is 16.9. The van der Waals surface area contributed by atoms with Gasteiger partial charge in [0.05, 0.1) is 5.92 Å². The summed E-state index contributed by atoms with van der Waals surface area (Å²) in [4.78, 5) is 23.2. The van der Waals surface area contributed by atoms with Crippen LogP contribution in [0.2, 0.25) is 0 Å². The van der Waals surface area contributed by atoms with Gasteiger partial charge in [-0.15, -0.1) is 0 Å². The minimum Gasteiger partial charge on any atom is -0.481 e. The summed E-state index contributed by atoms with van der Waals surface area (Å²) in [6.45, 7) is 9.80. The van der Waals surface area contributed by atoms with Crippen LogP contribution in [-0.2, 0) is 16.0 Å². The standard InChI is InChI=1S/C18H27NO3/c1-12(2)11-18(4,5)17(22)19-15-8-6-14(7-9-15)10-13(3)16(20)21/h6-9,12-13H,10-11H2,1-5H3,(H,19,22)(H,20,21). The lowest BCUT2D eigenvalue weighted by Gasteiger charge is -2.25. The Balaban J connectivity index is 2.68. The number of aliphatic carboxylic acids is 1. The number of amides is 1. The third-order valence-electron chi connectivity index (χ3n) is 3.71. The van der Waals surface area contributed by atoms with Crippen LogP contribution in [0.15, 0.2) is 24.3 Å². The van der Waals surface area contributed by atoms with E-state index in [4.69, 9.17) is 5.11 Å². The molecule has 0 fully saturated rings. The number of benzene rings is 1. The molecule has 0 radical (unpaired) electrons. The third kappa shape index (κ3) is 5.51. The highest BCUT2D eigenvalue weighted by atomic mass is 16.4. The largest absolute Gasteiger partial charge is 0.481 e. The van der Waals surface area contributed by atoms with Crippen molar-refractivity contribution in [1.29, 1.82) is 0 Å². The summed E-state index contributed by atoms with van der Waals surface area (Å²) in [5, 5.41) is 11.9. The van der Waals surface area contributed by atoms with Gasteiger partial charge in [-0.3, -0.25) is 9.59 Å². The molecule has 1 aromatic carbocycles. The molecule has 122 valence electrons. The van der Waals surface area contributed by atoms with Crippen molar-refractivity contribution in [1.82, 2.24) is 0 Å². The van der Waals surface area contributed by atoms with Gasteiger partial charge in [0.25, 0.3) is 0 Å². The van der Waals surface area contributed by atoms with Crippen LogP contribution in [0, 0.1) is 17.3 Å². The van der Waals surface area contributed by atoms with Crippen LogP contribution in [0.4, 0.5) is 5.69 Å². The number of anilines is 1. The van der Waals surface area contributed by atoms with E-state index in [1.165, 1.54) is 0 Å². The monoisotopic (exact) mass is 305 g/mol. The van der Waals surface area contributed by atoms with Crippen molar-refractivity contribution in [2.45, 2.75) is 47.5 Å². The van der Waals surface area contributed by atoms with E-state index in [0.29, 0.717) is 12.3 Å². The predicted molar refractivity (Wildman–Crippen MR) is 88.8 cm³/mol. The molecule has 1 rings (SSSR count). The highest BCUT2D eigenvalue weighted by Gasteiger charge is 2.28. The molecule has 0 spiro atoms. The van der Waals surface area contributed by atoms with Crippen molar-refractivity contribution in [3.63, 3.8) is 0 Å². The molecule has 0 heterocycles. The van der Waals surface area contributed by atoms with Gasteiger partial charge >= 0.3 is 5.97 Å². The van der Waals surface area contributed by atoms with Crippen molar-refractivity contribution in [2.75, 3.05) is 5.32 Å². The van der Waals surface area contributed by atoms with Gasteiger partial charge in [0.1, 0.15) is 0 Å². The third-order valence-corrected chi connectivity index (χ3v) is 3.71. The summed E-state index contributed by atoms with van der Waals surface area (Å²) in [7, 11) is 0. The average Bonchev–Trinajstić information content (AvgIpc) is 2.39. The first-order valence-electron chi connectivity index (χ1n) is 7.75. The van der Waals surface area contributed by atoms with Gasteiger partial charge in [-0.1, -0.05) is 46.8 Å². The molecular weight excluding hydrogens is 278 g/mol. The number of carbonyl (C=O) groups excluding carboxylic acids is 1. The van der Waals surface area contributed by atoms with Gasteiger partial charge in [0.15, 0.2) is 0 Å². The molecular formula is C18H27NO3. The first kappa shape index (κ1) is 18.2. The van der Waals surface area contributed by atoms with Gasteiger partial charge in [-0.05, 0) is 36.5 Å². The van der Waals surface area contributed by atoms with Crippen LogP contribution in [0.1, 0.15) is 46.6 Å². The predicted octanol–water partition coefficient (Wildman–Crippen LogP) is 3.96. The fourth-order valence-electron chi connectivity index (χ4n) is 2.58. The van der Waals surface area contributed by atoms with Crippen LogP contribution in [0.5, 0.6) is 0 Å². The van der Waals surface area contributed by atoms with E-state index in [9.17, 15) is 9.59 Å². The second kappa shape index (κ2) is 7.43. The smallest absolute Gasteiger partial charge is 0.306 e. The molecule has 0 saturated heterocycles. The Kier molecular flexibility index (Phi) is 6.15. The molecule has 0 saturated carbocycles. The maximum atomic E-state index is 12.3. The highest BCUT2D eigenvalue weighted by Crippen LogP contribution is 2.27. The Hall–Kier alpha value is -1.84. The van der Waals surface area contributed by atoms with E-state index >= 15 is 0 Å². The number of carboxylic acids is 1. The first-order chi connectivity index (χ1) is 10.1. The summed E-state index contributed by atoms with van der Waals surface area (Å²) < 4.78 is 0. The number of nitrogens with one attached hydrogen (secondary N) is 1. The van der Waals surface area contributed by atoms with Crippen molar-refractivity contribution in [2.24, 2.45) is 17.3 Å². The number of carbonyl (C=O) groups is 2. The minimum absolute atomic E-state index is 0.00727. The topological polar surface area (TPSA) is 66.4 Å². The normalized spacial score (nSPS) is 13.0. The van der Waals surface area contributed by atoms with Crippen molar-refractivity contribution < 1.29 is 14.7 Å². The molecule has 22 heavy (non-hydrogen) atoms. The van der Waals surface area contributed by atoms with Crippen LogP contribution in [0.3, 0.4) is 0 Å². The molecule has 0 bridgehead atoms. The van der Waals surface area contributed by atoms with E-state index in [1.54, 1.807) is 6.92 Å². The van der Waals surface area contributed by atoms with Crippen molar-refractivity contribution >= 4 is 17.6 Å². The van der Waals surface area contributed by atoms with Crippen LogP contribution < -0.4 is 5.32 Å². The molecule has 1 atom stereocenters. The zero-order valence-electron chi connectivity index (χ0n) is 14.1. The maximum absolute atomic E-state index is 12.3. The highest BCUT2D eigenvalue weighted by molar-refractivity contribution is 5.94. The Labute approximate surface area is 132 Å². The van der Waals surface area contributed by atoms with Gasteiger partial charge < -0.3 is 10.4 Å². The van der Waals surface area contributed by atoms with Crippen LogP contribution in [0.25, 0.3) is 0 Å². The number of hydrogen-bond donors (Lipinski definition) is 2. The van der Waals surface area contributed by atoms with E-state index in [1.807, 2.05) is 38.1 Å². The van der Waals surface area contributed by atoms with Crippen molar-refractivity contribution in [3.05, 3.63) is 29.8 Å². The molecule has 4 nitrogen and oxygen atoms in total. The van der Waals surface area contributed by atoms with Gasteiger partial charge in [0, 0.05) is 11.1 Å². The summed E-state index contributed by atoms with van der Waals surface area (Å²) in [6.07, 6.45) is 1.31. The van der Waals surface area contributed by atoms with Crippen LogP contribution >= 0.6 is 0 Å². The molecule has 0 aliphatic heterocycles. The number of carboxylic acid groups (broad SMARTS) is 1. The second-order valence-corrected chi connectivity index (χ2v) is 7.08. The molecule has 1 unspecified atom stereocenters. The molecule has 0 aromatic heterocycles. The average molecular weight is 305 g/mol. The van der Waals surface area contributed by atoms with E-state index in [0.717, 1.165) is 17.7 Å². The molecule has 0 aliphatic carbocycles. The fraction of sp³-hybridized carbons (Fsp3) is 0.556. The molecule has 1 aromatic rings. The maximum Gasteiger partial charge on any atom is 0.306 e. The molecule has 0 aliphatic rings. The fourth-order valence-corrected chi connectivity index (χ4v) is 2.58. The Morgan fingerprint density at radius 3 is 2.14 bits per heavy atom. The summed E-state index contributed by atoms with van der Waals surface area (Å²) in [5.41, 5.74) is 1.29. The van der Waals surface area contributed by atoms with E-state index < -0.39 is 17.3 Å². The lowest BCUT2D eigenvalue weighted by atomic mass is 9.83. The Morgan fingerprint density at radius 2 is 1.68 bits per heavy atom. The van der Waals surface area contributed by atoms with E-state index in [2.05, 4.69) is 19.2 Å². The Bertz CT molecular complexity index is 518. The van der Waals surface area contributed by atoms with Gasteiger partial charge in [-0.2, -0.15) is 0 Å². The zero-order valence-corrected chi connectivity index (χ0v) is 14.1. The van der Waals surface area contributed by atoms with Gasteiger partial charge in [0.2, 0.25) is 5.91 Å². The number of hydrogen-bond acceptors (Lipinski definition) is 2. The number of rotatable bonds is 7. The SMILES string of the molecule is CC(C)CC(C)(C)C(=O)Nc1ccc(CC(C)C(=O)O)cc1. The van der Waals surface area contributed by atoms with Crippen LogP contribution in [-0.4, -0.2) is 17.0 Å². The molecule has 2 N–H and O–H groups in total. The summed E-state index contributed by atoms with van der Waals surface area (Å²) >= 11 is 0. The quantitative estimate of drug-likeness (QED) is 0.801. The minimum atomic E-state index is -0.798.